The van der Waals surface area contributed by atoms with E-state index in [1.807, 2.05) is 0 Å². The van der Waals surface area contributed by atoms with Crippen LogP contribution >= 0.6 is 58.2 Å². The first-order valence-corrected chi connectivity index (χ1v) is 7.73. The van der Waals surface area contributed by atoms with E-state index in [1.54, 1.807) is 0 Å². The van der Waals surface area contributed by atoms with Crippen molar-refractivity contribution in [2.75, 3.05) is 12.4 Å². The molecule has 2 unspecified atom stereocenters. The second-order valence-corrected chi connectivity index (χ2v) is 6.28. The molecule has 0 fully saturated rings. The van der Waals surface area contributed by atoms with Crippen molar-refractivity contribution >= 4 is 70.1 Å². The van der Waals surface area contributed by atoms with Gasteiger partial charge in [0.15, 0.2) is 5.44 Å². The van der Waals surface area contributed by atoms with E-state index >= 15 is 0 Å². The Hall–Kier alpha value is -0.110. The van der Waals surface area contributed by atoms with Crippen molar-refractivity contribution in [1.29, 1.82) is 0 Å². The Bertz CT molecular complexity index is 472. The van der Waals surface area contributed by atoms with Gasteiger partial charge in [-0.1, -0.05) is 46.4 Å². The largest absolute Gasteiger partial charge is 0.441 e. The maximum absolute atomic E-state index is 11.1. The number of rotatable bonds is 5. The standard InChI is InChI=1S/C10H6Cl4O5S/c11-3-5(13)9(18-7(3)15)17-1-2-20-10-6(14)4(12)8(16)19-10/h9-10H,1-2H2. The van der Waals surface area contributed by atoms with Gasteiger partial charge >= 0.3 is 11.9 Å². The van der Waals surface area contributed by atoms with Gasteiger partial charge in [-0.3, -0.25) is 0 Å². The van der Waals surface area contributed by atoms with E-state index in [1.165, 1.54) is 11.8 Å². The van der Waals surface area contributed by atoms with Crippen molar-refractivity contribution in [2.24, 2.45) is 0 Å². The number of ether oxygens (including phenoxy) is 3. The van der Waals surface area contributed by atoms with Crippen LogP contribution in [-0.2, 0) is 23.8 Å². The number of carbonyl (C=O) groups is 2. The molecule has 0 N–H and O–H groups in total. The lowest BCUT2D eigenvalue weighted by Crippen LogP contribution is -2.17. The molecule has 0 spiro atoms. The summed E-state index contributed by atoms with van der Waals surface area (Å²) in [7, 11) is 0. The summed E-state index contributed by atoms with van der Waals surface area (Å²) in [5, 5.41) is -0.149. The smallest absolute Gasteiger partial charge is 0.353 e. The highest BCUT2D eigenvalue weighted by Crippen LogP contribution is 2.35. The minimum absolute atomic E-state index is 0.00920. The van der Waals surface area contributed by atoms with Crippen LogP contribution in [0.15, 0.2) is 20.1 Å². The second-order valence-electron chi connectivity index (χ2n) is 3.54. The molecule has 2 rings (SSSR count). The fraction of sp³-hybridized carbons (Fsp3) is 0.400. The number of hydrogen-bond acceptors (Lipinski definition) is 6. The van der Waals surface area contributed by atoms with Gasteiger partial charge in [-0.05, 0) is 0 Å². The molecule has 2 atom stereocenters. The third kappa shape index (κ3) is 3.37. The average Bonchev–Trinajstić information content (AvgIpc) is 2.80. The van der Waals surface area contributed by atoms with Crippen molar-refractivity contribution in [3.05, 3.63) is 20.1 Å². The van der Waals surface area contributed by atoms with Crippen molar-refractivity contribution in [2.45, 2.75) is 11.7 Å². The number of halogens is 4. The van der Waals surface area contributed by atoms with Crippen LogP contribution in [0.1, 0.15) is 0 Å². The summed E-state index contributed by atoms with van der Waals surface area (Å²) in [6, 6.07) is 0. The summed E-state index contributed by atoms with van der Waals surface area (Å²) in [6.07, 6.45) is -1.00. The molecule has 20 heavy (non-hydrogen) atoms. The first-order valence-electron chi connectivity index (χ1n) is 5.17. The maximum Gasteiger partial charge on any atom is 0.353 e. The van der Waals surface area contributed by atoms with Crippen LogP contribution < -0.4 is 0 Å². The molecule has 0 bridgehead atoms. The van der Waals surface area contributed by atoms with Crippen LogP contribution in [0.2, 0.25) is 0 Å². The number of thioether (sulfide) groups is 1. The van der Waals surface area contributed by atoms with Gasteiger partial charge < -0.3 is 14.2 Å². The van der Waals surface area contributed by atoms with Gasteiger partial charge in [0.25, 0.3) is 0 Å². The average molecular weight is 380 g/mol. The van der Waals surface area contributed by atoms with E-state index in [0.29, 0.717) is 5.75 Å². The highest BCUT2D eigenvalue weighted by molar-refractivity contribution is 8.00. The molecule has 0 saturated carbocycles. The Balaban J connectivity index is 1.74. The normalized spacial score (nSPS) is 26.4. The van der Waals surface area contributed by atoms with Gasteiger partial charge in [-0.25, -0.2) is 9.59 Å². The van der Waals surface area contributed by atoms with Crippen LogP contribution in [-0.4, -0.2) is 36.0 Å². The Morgan fingerprint density at radius 1 is 1.00 bits per heavy atom. The third-order valence-electron chi connectivity index (χ3n) is 2.24. The first-order chi connectivity index (χ1) is 9.41. The summed E-state index contributed by atoms with van der Waals surface area (Å²) < 4.78 is 14.9. The zero-order valence-electron chi connectivity index (χ0n) is 9.53. The predicted molar refractivity (Wildman–Crippen MR) is 75.6 cm³/mol. The Morgan fingerprint density at radius 2 is 1.60 bits per heavy atom. The van der Waals surface area contributed by atoms with Crippen molar-refractivity contribution < 1.29 is 23.8 Å². The van der Waals surface area contributed by atoms with E-state index in [9.17, 15) is 9.59 Å². The fourth-order valence-electron chi connectivity index (χ4n) is 1.33. The van der Waals surface area contributed by atoms with Gasteiger partial charge in [0.05, 0.1) is 11.6 Å². The SMILES string of the molecule is O=C1OC(OCCSC2OC(=O)C(Cl)=C2Cl)C(Cl)=C1Cl. The third-order valence-corrected chi connectivity index (χ3v) is 5.07. The van der Waals surface area contributed by atoms with Crippen LogP contribution in [0.25, 0.3) is 0 Å². The zero-order chi connectivity index (χ0) is 14.9. The molecule has 0 aliphatic carbocycles. The minimum Gasteiger partial charge on any atom is -0.441 e. The van der Waals surface area contributed by atoms with Gasteiger partial charge in [-0.2, -0.15) is 0 Å². The fourth-order valence-corrected chi connectivity index (χ4v) is 2.99. The molecule has 110 valence electrons. The summed E-state index contributed by atoms with van der Waals surface area (Å²) in [4.78, 5) is 22.2. The minimum atomic E-state index is -1.00. The molecule has 0 saturated heterocycles. The molecule has 0 aromatic heterocycles. The molecular formula is C10H6Cl4O5S. The van der Waals surface area contributed by atoms with Crippen LogP contribution in [0.4, 0.5) is 0 Å². The van der Waals surface area contributed by atoms with Crippen LogP contribution in [0.5, 0.6) is 0 Å². The van der Waals surface area contributed by atoms with Gasteiger partial charge in [0.2, 0.25) is 6.29 Å². The summed E-state index contributed by atoms with van der Waals surface area (Å²) in [6.45, 7) is 0.179. The summed E-state index contributed by atoms with van der Waals surface area (Å²) >= 11 is 23.9. The molecule has 0 radical (unpaired) electrons. The van der Waals surface area contributed by atoms with E-state index < -0.39 is 23.7 Å². The van der Waals surface area contributed by atoms with Gasteiger partial charge in [-0.15, -0.1) is 11.8 Å². The lowest BCUT2D eigenvalue weighted by molar-refractivity contribution is -0.157. The molecule has 10 heteroatoms. The summed E-state index contributed by atoms with van der Waals surface area (Å²) in [5.41, 5.74) is -0.652. The zero-order valence-corrected chi connectivity index (χ0v) is 13.4. The lowest BCUT2D eigenvalue weighted by atomic mass is 10.5. The molecule has 0 amide bonds. The van der Waals surface area contributed by atoms with E-state index in [0.717, 1.165) is 0 Å². The quantitative estimate of drug-likeness (QED) is 0.540. The lowest BCUT2D eigenvalue weighted by Gasteiger charge is -2.13. The number of esters is 2. The Morgan fingerprint density at radius 3 is 2.10 bits per heavy atom. The molecule has 2 aliphatic heterocycles. The Labute approximate surface area is 138 Å². The van der Waals surface area contributed by atoms with Crippen molar-refractivity contribution in [1.82, 2.24) is 0 Å². The maximum atomic E-state index is 11.1. The molecular weight excluding hydrogens is 374 g/mol. The van der Waals surface area contributed by atoms with Gasteiger partial charge in [0, 0.05) is 5.75 Å². The number of hydrogen-bond donors (Lipinski definition) is 0. The van der Waals surface area contributed by atoms with Crippen LogP contribution in [0, 0.1) is 0 Å². The highest BCUT2D eigenvalue weighted by atomic mass is 35.5. The molecule has 5 nitrogen and oxygen atoms in total. The Kier molecular flexibility index (Phi) is 5.50. The van der Waals surface area contributed by atoms with Crippen molar-refractivity contribution in [3.63, 3.8) is 0 Å². The molecule has 2 heterocycles. The molecule has 0 aromatic rings. The number of cyclic esters (lactones) is 2. The second kappa shape index (κ2) is 6.77. The van der Waals surface area contributed by atoms with Gasteiger partial charge in [0.1, 0.15) is 15.1 Å². The van der Waals surface area contributed by atoms with E-state index in [2.05, 4.69) is 0 Å². The van der Waals surface area contributed by atoms with Crippen molar-refractivity contribution in [3.8, 4) is 0 Å². The van der Waals surface area contributed by atoms with E-state index in [-0.39, 0.29) is 26.7 Å². The predicted octanol–water partition coefficient (Wildman–Crippen LogP) is 2.88. The molecule has 2 aliphatic rings. The number of carbonyl (C=O) groups excluding carboxylic acids is 2. The summed E-state index contributed by atoms with van der Waals surface area (Å²) in [5.74, 6) is -0.969. The highest BCUT2D eigenvalue weighted by Gasteiger charge is 2.34. The van der Waals surface area contributed by atoms with E-state index in [4.69, 9.17) is 60.6 Å². The topological polar surface area (TPSA) is 61.8 Å². The monoisotopic (exact) mass is 378 g/mol. The molecule has 0 aromatic carbocycles. The first kappa shape index (κ1) is 16.3. The van der Waals surface area contributed by atoms with Crippen LogP contribution in [0.3, 0.4) is 0 Å².